The number of nitrogens with one attached hydrogen (secondary N) is 2. The number of hydrogen-bond acceptors (Lipinski definition) is 4. The Bertz CT molecular complexity index is 1340. The van der Waals surface area contributed by atoms with Crippen molar-refractivity contribution in [2.75, 3.05) is 0 Å². The van der Waals surface area contributed by atoms with E-state index in [9.17, 15) is 18.3 Å². The molecular weight excluding hydrogens is 432 g/mol. The molecule has 0 aliphatic carbocycles. The SMILES string of the molecule is Cc1ccc(-c2ccc(S(=O)(=O)N[C@H](C(=O)O)[C@H](C)c3c[nH]c4ccccc34)s2)cc1. The number of para-hydroxylation sites is 1. The monoisotopic (exact) mass is 454 g/mol. The fraction of sp³-hybridized carbons (Fsp3) is 0.174. The van der Waals surface area contributed by atoms with Crippen molar-refractivity contribution in [3.8, 4) is 10.4 Å². The van der Waals surface area contributed by atoms with Crippen LogP contribution in [0.25, 0.3) is 21.3 Å². The third kappa shape index (κ3) is 4.27. The molecule has 0 spiro atoms. The number of aromatic nitrogens is 1. The lowest BCUT2D eigenvalue weighted by Crippen LogP contribution is -2.43. The molecule has 160 valence electrons. The van der Waals surface area contributed by atoms with Crippen molar-refractivity contribution in [2.45, 2.75) is 30.0 Å². The van der Waals surface area contributed by atoms with Crippen LogP contribution in [0.4, 0.5) is 0 Å². The molecule has 0 radical (unpaired) electrons. The van der Waals surface area contributed by atoms with Crippen LogP contribution in [-0.4, -0.2) is 30.5 Å². The summed E-state index contributed by atoms with van der Waals surface area (Å²) < 4.78 is 28.5. The Balaban J connectivity index is 1.62. The molecule has 2 atom stereocenters. The molecule has 0 amide bonds. The van der Waals surface area contributed by atoms with Crippen molar-refractivity contribution < 1.29 is 18.3 Å². The highest BCUT2D eigenvalue weighted by Gasteiger charge is 2.33. The van der Waals surface area contributed by atoms with Crippen LogP contribution in [0.1, 0.15) is 24.0 Å². The highest BCUT2D eigenvalue weighted by Crippen LogP contribution is 2.32. The summed E-state index contributed by atoms with van der Waals surface area (Å²) in [5.41, 5.74) is 3.65. The van der Waals surface area contributed by atoms with E-state index in [1.165, 1.54) is 6.07 Å². The van der Waals surface area contributed by atoms with E-state index in [0.717, 1.165) is 43.8 Å². The first-order chi connectivity index (χ1) is 14.8. The summed E-state index contributed by atoms with van der Waals surface area (Å²) in [5, 5.41) is 10.7. The topological polar surface area (TPSA) is 99.3 Å². The van der Waals surface area contributed by atoms with Crippen LogP contribution in [0.15, 0.2) is 71.1 Å². The van der Waals surface area contributed by atoms with Crippen LogP contribution in [0.2, 0.25) is 0 Å². The zero-order valence-corrected chi connectivity index (χ0v) is 18.6. The molecule has 8 heteroatoms. The molecule has 0 unspecified atom stereocenters. The Morgan fingerprint density at radius 3 is 2.48 bits per heavy atom. The summed E-state index contributed by atoms with van der Waals surface area (Å²) in [6.45, 7) is 3.70. The standard InChI is InChI=1S/C23H22N2O4S2/c1-14-7-9-16(10-8-14)20-11-12-21(30-20)31(28,29)25-22(23(26)27)15(2)18-13-24-19-6-4-3-5-17(18)19/h3-13,15,22,24-25H,1-2H3,(H,26,27)/t15-,22+/m1/s1. The lowest BCUT2D eigenvalue weighted by molar-refractivity contribution is -0.139. The second kappa shape index (κ2) is 8.30. The van der Waals surface area contributed by atoms with Gasteiger partial charge in [-0.1, -0.05) is 55.0 Å². The lowest BCUT2D eigenvalue weighted by Gasteiger charge is -2.21. The molecule has 0 saturated heterocycles. The van der Waals surface area contributed by atoms with Gasteiger partial charge in [0.1, 0.15) is 10.3 Å². The molecule has 2 aromatic carbocycles. The van der Waals surface area contributed by atoms with Crippen molar-refractivity contribution in [3.63, 3.8) is 0 Å². The minimum absolute atomic E-state index is 0.0838. The van der Waals surface area contributed by atoms with E-state index >= 15 is 0 Å². The first-order valence-corrected chi connectivity index (χ1v) is 12.0. The number of carboxylic acids is 1. The van der Waals surface area contributed by atoms with Gasteiger partial charge in [-0.05, 0) is 36.2 Å². The van der Waals surface area contributed by atoms with E-state index in [2.05, 4.69) is 9.71 Å². The normalized spacial score (nSPS) is 13.9. The zero-order chi connectivity index (χ0) is 22.2. The van der Waals surface area contributed by atoms with Crippen molar-refractivity contribution in [1.82, 2.24) is 9.71 Å². The van der Waals surface area contributed by atoms with Crippen molar-refractivity contribution >= 4 is 38.2 Å². The zero-order valence-electron chi connectivity index (χ0n) is 17.0. The lowest BCUT2D eigenvalue weighted by atomic mass is 9.93. The van der Waals surface area contributed by atoms with E-state index in [1.807, 2.05) is 55.5 Å². The number of benzene rings is 2. The highest BCUT2D eigenvalue weighted by molar-refractivity contribution is 7.91. The Kier molecular flexibility index (Phi) is 5.70. The summed E-state index contributed by atoms with van der Waals surface area (Å²) in [4.78, 5) is 15.9. The number of aromatic amines is 1. The van der Waals surface area contributed by atoms with Gasteiger partial charge in [0, 0.05) is 27.9 Å². The smallest absolute Gasteiger partial charge is 0.322 e. The molecule has 2 aromatic heterocycles. The number of carboxylic acid groups (broad SMARTS) is 1. The molecule has 0 aliphatic heterocycles. The summed E-state index contributed by atoms with van der Waals surface area (Å²) in [7, 11) is -4.01. The maximum absolute atomic E-state index is 13.0. The Hall–Kier alpha value is -2.94. The number of fused-ring (bicyclic) bond motifs is 1. The second-order valence-corrected chi connectivity index (χ2v) is 10.5. The van der Waals surface area contributed by atoms with E-state index in [4.69, 9.17) is 0 Å². The van der Waals surface area contributed by atoms with Gasteiger partial charge in [-0.3, -0.25) is 4.79 Å². The number of thiophene rings is 1. The van der Waals surface area contributed by atoms with Crippen molar-refractivity contribution in [2.24, 2.45) is 0 Å². The van der Waals surface area contributed by atoms with Crippen molar-refractivity contribution in [1.29, 1.82) is 0 Å². The van der Waals surface area contributed by atoms with Gasteiger partial charge in [-0.2, -0.15) is 4.72 Å². The maximum Gasteiger partial charge on any atom is 0.322 e. The van der Waals surface area contributed by atoms with Gasteiger partial charge in [0.25, 0.3) is 10.0 Å². The molecule has 6 nitrogen and oxygen atoms in total. The quantitative estimate of drug-likeness (QED) is 0.376. The average Bonchev–Trinajstić information content (AvgIpc) is 3.40. The summed E-state index contributed by atoms with van der Waals surface area (Å²) in [6, 6.07) is 17.3. The number of aliphatic carboxylic acids is 1. The summed E-state index contributed by atoms with van der Waals surface area (Å²) in [5.74, 6) is -1.81. The van der Waals surface area contributed by atoms with Gasteiger partial charge in [0.2, 0.25) is 0 Å². The highest BCUT2D eigenvalue weighted by atomic mass is 32.2. The van der Waals surface area contributed by atoms with E-state index < -0.39 is 28.0 Å². The number of rotatable bonds is 7. The third-order valence-electron chi connectivity index (χ3n) is 5.34. The maximum atomic E-state index is 13.0. The van der Waals surface area contributed by atoms with E-state index in [-0.39, 0.29) is 4.21 Å². The first kappa shape index (κ1) is 21.3. The predicted molar refractivity (Wildman–Crippen MR) is 123 cm³/mol. The molecular formula is C23H22N2O4S2. The Morgan fingerprint density at radius 2 is 1.77 bits per heavy atom. The Morgan fingerprint density at radius 1 is 1.06 bits per heavy atom. The molecule has 0 bridgehead atoms. The molecule has 4 rings (SSSR count). The van der Waals surface area contributed by atoms with Crippen molar-refractivity contribution in [3.05, 3.63) is 78.0 Å². The first-order valence-electron chi connectivity index (χ1n) is 9.74. The van der Waals surface area contributed by atoms with Gasteiger partial charge in [-0.25, -0.2) is 8.42 Å². The summed E-state index contributed by atoms with van der Waals surface area (Å²) in [6.07, 6.45) is 1.74. The van der Waals surface area contributed by atoms with Crippen LogP contribution < -0.4 is 4.72 Å². The van der Waals surface area contributed by atoms with Crippen LogP contribution in [0.3, 0.4) is 0 Å². The predicted octanol–water partition coefficient (Wildman–Crippen LogP) is 4.74. The number of hydrogen-bond donors (Lipinski definition) is 3. The van der Waals surface area contributed by atoms with Gasteiger partial charge in [-0.15, -0.1) is 11.3 Å². The number of aryl methyl sites for hydroxylation is 1. The van der Waals surface area contributed by atoms with Gasteiger partial charge >= 0.3 is 5.97 Å². The van der Waals surface area contributed by atoms with Crippen LogP contribution >= 0.6 is 11.3 Å². The Labute approximate surface area is 184 Å². The molecule has 0 fully saturated rings. The molecule has 4 aromatic rings. The average molecular weight is 455 g/mol. The molecule has 2 heterocycles. The molecule has 31 heavy (non-hydrogen) atoms. The second-order valence-electron chi connectivity index (χ2n) is 7.50. The van der Waals surface area contributed by atoms with Gasteiger partial charge in [0.05, 0.1) is 0 Å². The van der Waals surface area contributed by atoms with Gasteiger partial charge < -0.3 is 10.1 Å². The molecule has 0 aliphatic rings. The number of carbonyl (C=O) groups is 1. The van der Waals surface area contributed by atoms with E-state index in [1.54, 1.807) is 19.2 Å². The summed E-state index contributed by atoms with van der Waals surface area (Å²) >= 11 is 1.11. The number of H-pyrrole nitrogens is 1. The van der Waals surface area contributed by atoms with Crippen LogP contribution in [-0.2, 0) is 14.8 Å². The van der Waals surface area contributed by atoms with Gasteiger partial charge in [0.15, 0.2) is 0 Å². The molecule has 3 N–H and O–H groups in total. The van der Waals surface area contributed by atoms with E-state index in [0.29, 0.717) is 0 Å². The third-order valence-corrected chi connectivity index (χ3v) is 8.41. The fourth-order valence-corrected chi connectivity index (χ4v) is 6.18. The minimum atomic E-state index is -4.01. The molecule has 0 saturated carbocycles. The van der Waals surface area contributed by atoms with Crippen LogP contribution in [0, 0.1) is 6.92 Å². The largest absolute Gasteiger partial charge is 0.480 e. The van der Waals surface area contributed by atoms with Crippen LogP contribution in [0.5, 0.6) is 0 Å². The number of sulfonamides is 1. The minimum Gasteiger partial charge on any atom is -0.480 e. The fourth-order valence-electron chi connectivity index (χ4n) is 3.58.